The second-order valence-corrected chi connectivity index (χ2v) is 4.86. The fraction of sp³-hybridized carbons (Fsp3) is 0.188. The molecule has 0 aliphatic rings. The van der Waals surface area contributed by atoms with Crippen LogP contribution in [0.5, 0.6) is 5.75 Å². The fourth-order valence-corrected chi connectivity index (χ4v) is 2.07. The number of phenols is 1. The van der Waals surface area contributed by atoms with E-state index in [1.54, 1.807) is 42.5 Å². The number of anilines is 1. The van der Waals surface area contributed by atoms with Gasteiger partial charge in [-0.3, -0.25) is 10.1 Å². The lowest BCUT2D eigenvalue weighted by molar-refractivity contribution is -0.253. The van der Waals surface area contributed by atoms with E-state index in [0.29, 0.717) is 11.1 Å². The van der Waals surface area contributed by atoms with Crippen LogP contribution in [0, 0.1) is 0 Å². The third kappa shape index (κ3) is 3.21. The summed E-state index contributed by atoms with van der Waals surface area (Å²) in [5.41, 5.74) is 1.96. The van der Waals surface area contributed by atoms with Crippen molar-refractivity contribution in [2.75, 3.05) is 19.0 Å². The summed E-state index contributed by atoms with van der Waals surface area (Å²) in [4.78, 5) is 18.5. The highest BCUT2D eigenvalue weighted by Gasteiger charge is 2.17. The van der Waals surface area contributed by atoms with E-state index < -0.39 is 0 Å². The Morgan fingerprint density at radius 1 is 1.14 bits per heavy atom. The molecule has 0 amide bonds. The molecule has 0 aromatic heterocycles. The Morgan fingerprint density at radius 2 is 1.86 bits per heavy atom. The number of phenolic OH excluding ortho intramolecular Hbond substituents is 1. The van der Waals surface area contributed by atoms with E-state index in [1.165, 1.54) is 0 Å². The minimum Gasteiger partial charge on any atom is -0.507 e. The SMILES string of the molecule is CN(C)c1ccc(C(=O)c2ccccc2COO)c(O)c1. The van der Waals surface area contributed by atoms with E-state index in [4.69, 9.17) is 5.26 Å². The Bertz CT molecular complexity index is 652. The van der Waals surface area contributed by atoms with Crippen LogP contribution in [0.15, 0.2) is 42.5 Å². The van der Waals surface area contributed by atoms with Gasteiger partial charge in [0.15, 0.2) is 5.78 Å². The van der Waals surface area contributed by atoms with Crippen LogP contribution >= 0.6 is 0 Å². The zero-order valence-corrected chi connectivity index (χ0v) is 11.9. The third-order valence-corrected chi connectivity index (χ3v) is 3.22. The number of hydrogen-bond acceptors (Lipinski definition) is 5. The molecule has 0 radical (unpaired) electrons. The predicted octanol–water partition coefficient (Wildman–Crippen LogP) is 2.68. The molecule has 0 saturated carbocycles. The predicted molar refractivity (Wildman–Crippen MR) is 79.7 cm³/mol. The molecule has 5 nitrogen and oxygen atoms in total. The van der Waals surface area contributed by atoms with Crippen LogP contribution in [0.3, 0.4) is 0 Å². The lowest BCUT2D eigenvalue weighted by Crippen LogP contribution is -2.10. The monoisotopic (exact) mass is 287 g/mol. The van der Waals surface area contributed by atoms with Crippen molar-refractivity contribution in [2.45, 2.75) is 6.61 Å². The molecule has 0 bridgehead atoms. The summed E-state index contributed by atoms with van der Waals surface area (Å²) in [7, 11) is 3.70. The van der Waals surface area contributed by atoms with Crippen molar-refractivity contribution in [2.24, 2.45) is 0 Å². The molecule has 2 aromatic rings. The zero-order chi connectivity index (χ0) is 15.4. The summed E-state index contributed by atoms with van der Waals surface area (Å²) in [6, 6.07) is 11.7. The van der Waals surface area contributed by atoms with Crippen LogP contribution in [-0.4, -0.2) is 30.2 Å². The van der Waals surface area contributed by atoms with Gasteiger partial charge >= 0.3 is 0 Å². The van der Waals surface area contributed by atoms with E-state index >= 15 is 0 Å². The van der Waals surface area contributed by atoms with Gasteiger partial charge in [-0.15, -0.1) is 0 Å². The van der Waals surface area contributed by atoms with Crippen molar-refractivity contribution in [1.82, 2.24) is 0 Å². The normalized spacial score (nSPS) is 10.4. The van der Waals surface area contributed by atoms with Gasteiger partial charge in [0.2, 0.25) is 0 Å². The number of aromatic hydroxyl groups is 1. The molecule has 0 spiro atoms. The average Bonchev–Trinajstić information content (AvgIpc) is 2.47. The molecule has 110 valence electrons. The summed E-state index contributed by atoms with van der Waals surface area (Å²) < 4.78 is 0. The van der Waals surface area contributed by atoms with Crippen molar-refractivity contribution in [3.8, 4) is 5.75 Å². The van der Waals surface area contributed by atoms with Gasteiger partial charge in [-0.1, -0.05) is 24.3 Å². The number of benzene rings is 2. The van der Waals surface area contributed by atoms with Gasteiger partial charge in [-0.2, -0.15) is 0 Å². The van der Waals surface area contributed by atoms with E-state index in [2.05, 4.69) is 4.89 Å². The molecular weight excluding hydrogens is 270 g/mol. The summed E-state index contributed by atoms with van der Waals surface area (Å²) in [5, 5.41) is 18.6. The molecule has 0 saturated heterocycles. The van der Waals surface area contributed by atoms with Crippen LogP contribution in [0.1, 0.15) is 21.5 Å². The molecular formula is C16H17NO4. The highest BCUT2D eigenvalue weighted by Crippen LogP contribution is 2.26. The molecule has 0 unspecified atom stereocenters. The van der Waals surface area contributed by atoms with Crippen LogP contribution in [0.2, 0.25) is 0 Å². The zero-order valence-electron chi connectivity index (χ0n) is 11.9. The van der Waals surface area contributed by atoms with Crippen molar-refractivity contribution < 1.29 is 20.0 Å². The highest BCUT2D eigenvalue weighted by atomic mass is 17.1. The first-order chi connectivity index (χ1) is 10.0. The van der Waals surface area contributed by atoms with Gasteiger partial charge in [0.05, 0.1) is 5.56 Å². The standard InChI is InChI=1S/C16H17NO4/c1-17(2)12-7-8-14(15(18)9-12)16(19)13-6-4-3-5-11(13)10-21-20/h3-9,18,20H,10H2,1-2H3. The summed E-state index contributed by atoms with van der Waals surface area (Å²) >= 11 is 0. The molecule has 2 aromatic carbocycles. The van der Waals surface area contributed by atoms with Crippen molar-refractivity contribution in [3.63, 3.8) is 0 Å². The molecule has 0 fully saturated rings. The molecule has 2 rings (SSSR count). The number of ketones is 1. The topological polar surface area (TPSA) is 70.0 Å². The van der Waals surface area contributed by atoms with Gasteiger partial charge in [0.25, 0.3) is 0 Å². The lowest BCUT2D eigenvalue weighted by atomic mass is 9.98. The minimum absolute atomic E-state index is 0.0779. The number of carbonyl (C=O) groups is 1. The molecule has 0 atom stereocenters. The van der Waals surface area contributed by atoms with Gasteiger partial charge in [-0.25, -0.2) is 4.89 Å². The molecule has 0 heterocycles. The van der Waals surface area contributed by atoms with Crippen LogP contribution < -0.4 is 4.90 Å². The van der Waals surface area contributed by atoms with E-state index in [-0.39, 0.29) is 23.7 Å². The van der Waals surface area contributed by atoms with Gasteiger partial charge < -0.3 is 10.0 Å². The van der Waals surface area contributed by atoms with Crippen molar-refractivity contribution in [3.05, 3.63) is 59.2 Å². The Balaban J connectivity index is 2.41. The van der Waals surface area contributed by atoms with Gasteiger partial charge in [0, 0.05) is 31.4 Å². The Hall–Kier alpha value is -2.37. The largest absolute Gasteiger partial charge is 0.507 e. The first kappa shape index (κ1) is 15.0. The van der Waals surface area contributed by atoms with Gasteiger partial charge in [-0.05, 0) is 17.7 Å². The van der Waals surface area contributed by atoms with E-state index in [9.17, 15) is 9.90 Å². The Kier molecular flexibility index (Phi) is 4.57. The number of rotatable bonds is 5. The Morgan fingerprint density at radius 3 is 2.48 bits per heavy atom. The van der Waals surface area contributed by atoms with Crippen LogP contribution in [0.4, 0.5) is 5.69 Å². The molecule has 2 N–H and O–H groups in total. The lowest BCUT2D eigenvalue weighted by Gasteiger charge is -2.14. The molecule has 0 aliphatic heterocycles. The first-order valence-electron chi connectivity index (χ1n) is 6.44. The van der Waals surface area contributed by atoms with Crippen LogP contribution in [-0.2, 0) is 11.5 Å². The molecule has 21 heavy (non-hydrogen) atoms. The summed E-state index contributed by atoms with van der Waals surface area (Å²) in [5.74, 6) is -0.392. The van der Waals surface area contributed by atoms with Gasteiger partial charge in [0.1, 0.15) is 12.4 Å². The molecule has 0 aliphatic carbocycles. The highest BCUT2D eigenvalue weighted by molar-refractivity contribution is 6.11. The summed E-state index contributed by atoms with van der Waals surface area (Å²) in [6.45, 7) is -0.0849. The number of nitrogens with zero attached hydrogens (tertiary/aromatic N) is 1. The second kappa shape index (κ2) is 6.39. The third-order valence-electron chi connectivity index (χ3n) is 3.22. The average molecular weight is 287 g/mol. The van der Waals surface area contributed by atoms with Crippen LogP contribution in [0.25, 0.3) is 0 Å². The van der Waals surface area contributed by atoms with Crippen molar-refractivity contribution >= 4 is 11.5 Å². The second-order valence-electron chi connectivity index (χ2n) is 4.86. The van der Waals surface area contributed by atoms with E-state index in [1.807, 2.05) is 19.0 Å². The molecule has 5 heteroatoms. The quantitative estimate of drug-likeness (QED) is 0.502. The van der Waals surface area contributed by atoms with Crippen molar-refractivity contribution in [1.29, 1.82) is 0 Å². The fourth-order valence-electron chi connectivity index (χ4n) is 2.07. The first-order valence-corrected chi connectivity index (χ1v) is 6.44. The maximum atomic E-state index is 12.5. The number of carbonyl (C=O) groups excluding carboxylic acids is 1. The summed E-state index contributed by atoms with van der Waals surface area (Å²) in [6.07, 6.45) is 0. The number of hydrogen-bond donors (Lipinski definition) is 2. The maximum Gasteiger partial charge on any atom is 0.197 e. The van der Waals surface area contributed by atoms with E-state index in [0.717, 1.165) is 5.69 Å². The smallest absolute Gasteiger partial charge is 0.197 e. The minimum atomic E-state index is -0.314. The maximum absolute atomic E-state index is 12.5. The Labute approximate surface area is 123 Å².